The van der Waals surface area contributed by atoms with E-state index in [0.717, 1.165) is 9.39 Å². The average Bonchev–Trinajstić information content (AvgIpc) is 3.04. The van der Waals surface area contributed by atoms with Crippen molar-refractivity contribution < 1.29 is 0 Å². The van der Waals surface area contributed by atoms with Crippen molar-refractivity contribution in [2.24, 2.45) is 0 Å². The van der Waals surface area contributed by atoms with E-state index in [2.05, 4.69) is 32.6 Å². The summed E-state index contributed by atoms with van der Waals surface area (Å²) in [6.07, 6.45) is 5.02. The molecule has 2 aliphatic rings. The maximum Gasteiger partial charge on any atom is 0.146 e. The molecule has 1 aromatic rings. The topological polar surface area (TPSA) is 25.8 Å². The zero-order valence-corrected chi connectivity index (χ0v) is 10.5. The monoisotopic (exact) mass is 320 g/mol. The smallest absolute Gasteiger partial charge is 0.146 e. The molecular weight excluding hydrogens is 310 g/mol. The molecule has 2 saturated carbocycles. The Balaban J connectivity index is 2.06. The molecule has 0 atom stereocenters. The van der Waals surface area contributed by atoms with Crippen LogP contribution in [-0.2, 0) is 0 Å². The number of halogens is 2. The molecule has 3 rings (SSSR count). The van der Waals surface area contributed by atoms with Crippen molar-refractivity contribution in [3.63, 3.8) is 0 Å². The van der Waals surface area contributed by atoms with Gasteiger partial charge in [0.15, 0.2) is 0 Å². The van der Waals surface area contributed by atoms with Gasteiger partial charge in [0.25, 0.3) is 0 Å². The van der Waals surface area contributed by atoms with Gasteiger partial charge in [0.2, 0.25) is 0 Å². The van der Waals surface area contributed by atoms with Gasteiger partial charge < -0.3 is 0 Å². The summed E-state index contributed by atoms with van der Waals surface area (Å²) in [7, 11) is 0. The first-order valence-corrected chi connectivity index (χ1v) is 6.44. The Hall–Kier alpha value is 0.100. The van der Waals surface area contributed by atoms with Crippen LogP contribution in [0, 0.1) is 3.57 Å². The Labute approximate surface area is 102 Å². The van der Waals surface area contributed by atoms with Gasteiger partial charge in [-0.2, -0.15) is 0 Å². The quantitative estimate of drug-likeness (QED) is 0.616. The van der Waals surface area contributed by atoms with Gasteiger partial charge in [-0.15, -0.1) is 0 Å². The molecule has 0 radical (unpaired) electrons. The van der Waals surface area contributed by atoms with Crippen LogP contribution in [-0.4, -0.2) is 9.97 Å². The van der Waals surface area contributed by atoms with E-state index in [-0.39, 0.29) is 0 Å². The van der Waals surface area contributed by atoms with Gasteiger partial charge in [-0.05, 0) is 48.3 Å². The lowest BCUT2D eigenvalue weighted by molar-refractivity contribution is 0.864. The lowest BCUT2D eigenvalue weighted by Crippen LogP contribution is -2.01. The summed E-state index contributed by atoms with van der Waals surface area (Å²) in [6, 6.07) is 0. The van der Waals surface area contributed by atoms with E-state index in [9.17, 15) is 0 Å². The Kier molecular flexibility index (Phi) is 2.20. The van der Waals surface area contributed by atoms with Crippen molar-refractivity contribution >= 4 is 34.2 Å². The maximum atomic E-state index is 6.10. The van der Waals surface area contributed by atoms with Crippen molar-refractivity contribution in [2.75, 3.05) is 0 Å². The van der Waals surface area contributed by atoms with Crippen molar-refractivity contribution in [3.05, 3.63) is 20.2 Å². The van der Waals surface area contributed by atoms with Crippen LogP contribution in [0.25, 0.3) is 0 Å². The van der Waals surface area contributed by atoms with Crippen LogP contribution in [0.5, 0.6) is 0 Å². The van der Waals surface area contributed by atoms with Gasteiger partial charge >= 0.3 is 0 Å². The highest BCUT2D eigenvalue weighted by Gasteiger charge is 2.32. The Bertz CT molecular complexity index is 386. The van der Waals surface area contributed by atoms with Crippen molar-refractivity contribution in [1.29, 1.82) is 0 Å². The van der Waals surface area contributed by atoms with Gasteiger partial charge in [0.1, 0.15) is 11.0 Å². The van der Waals surface area contributed by atoms with E-state index >= 15 is 0 Å². The van der Waals surface area contributed by atoms with Crippen LogP contribution in [0.1, 0.15) is 49.0 Å². The summed E-state index contributed by atoms with van der Waals surface area (Å²) < 4.78 is 1.07. The second-order valence-corrected chi connectivity index (χ2v) is 5.56. The van der Waals surface area contributed by atoms with Gasteiger partial charge in [-0.3, -0.25) is 0 Å². The van der Waals surface area contributed by atoms with E-state index in [1.54, 1.807) is 0 Å². The molecule has 0 amide bonds. The third-order valence-corrected chi connectivity index (χ3v) is 4.42. The van der Waals surface area contributed by atoms with E-state index < -0.39 is 0 Å². The molecule has 0 N–H and O–H groups in total. The third-order valence-electron chi connectivity index (χ3n) is 2.76. The number of rotatable bonds is 2. The minimum Gasteiger partial charge on any atom is -0.236 e. The fourth-order valence-electron chi connectivity index (χ4n) is 1.60. The van der Waals surface area contributed by atoms with Crippen LogP contribution < -0.4 is 0 Å². The van der Waals surface area contributed by atoms with Gasteiger partial charge in [-0.25, -0.2) is 9.97 Å². The molecule has 1 aromatic heterocycles. The van der Waals surface area contributed by atoms with Crippen LogP contribution in [0.2, 0.25) is 5.15 Å². The number of hydrogen-bond donors (Lipinski definition) is 0. The molecule has 4 heteroatoms. The molecule has 2 aliphatic carbocycles. The minimum atomic E-state index is 0.599. The van der Waals surface area contributed by atoms with E-state index in [1.807, 2.05) is 0 Å². The summed E-state index contributed by atoms with van der Waals surface area (Å²) in [6.45, 7) is 0. The zero-order valence-electron chi connectivity index (χ0n) is 7.63. The van der Waals surface area contributed by atoms with Crippen LogP contribution in [0.15, 0.2) is 0 Å². The first-order valence-electron chi connectivity index (χ1n) is 4.98. The maximum absolute atomic E-state index is 6.10. The van der Waals surface area contributed by atoms with Gasteiger partial charge in [0, 0.05) is 11.8 Å². The summed E-state index contributed by atoms with van der Waals surface area (Å²) in [5.74, 6) is 2.25. The van der Waals surface area contributed by atoms with E-state index in [4.69, 9.17) is 11.6 Å². The molecule has 74 valence electrons. The lowest BCUT2D eigenvalue weighted by atomic mass is 10.2. The highest BCUT2D eigenvalue weighted by molar-refractivity contribution is 14.1. The molecule has 0 aromatic carbocycles. The molecule has 0 saturated heterocycles. The summed E-state index contributed by atoms with van der Waals surface area (Å²) in [5.41, 5.74) is 1.20. The summed E-state index contributed by atoms with van der Waals surface area (Å²) in [4.78, 5) is 9.01. The Morgan fingerprint density at radius 1 is 1.07 bits per heavy atom. The van der Waals surface area contributed by atoms with E-state index in [0.29, 0.717) is 17.0 Å². The second kappa shape index (κ2) is 3.30. The normalized spacial score (nSPS) is 21.3. The fraction of sp³-hybridized carbons (Fsp3) is 0.600. The first kappa shape index (κ1) is 9.33. The van der Waals surface area contributed by atoms with Crippen LogP contribution >= 0.6 is 34.2 Å². The fourth-order valence-corrected chi connectivity index (χ4v) is 2.47. The molecule has 1 heterocycles. The Morgan fingerprint density at radius 3 is 2.29 bits per heavy atom. The Morgan fingerprint density at radius 2 is 1.71 bits per heavy atom. The highest BCUT2D eigenvalue weighted by atomic mass is 127. The summed E-state index contributed by atoms with van der Waals surface area (Å²) >= 11 is 8.37. The predicted octanol–water partition coefficient (Wildman–Crippen LogP) is 3.49. The summed E-state index contributed by atoms with van der Waals surface area (Å²) in [5, 5.41) is 0.657. The average molecular weight is 321 g/mol. The standard InChI is InChI=1S/C10H10ClIN2/c11-9-7(12)8(5-1-2-5)13-10(14-9)6-3-4-6/h5-6H,1-4H2. The molecule has 0 spiro atoms. The van der Waals surface area contributed by atoms with Crippen molar-refractivity contribution in [2.45, 2.75) is 37.5 Å². The molecule has 14 heavy (non-hydrogen) atoms. The van der Waals surface area contributed by atoms with Crippen LogP contribution in [0.3, 0.4) is 0 Å². The predicted molar refractivity (Wildman–Crippen MR) is 63.7 cm³/mol. The van der Waals surface area contributed by atoms with Crippen molar-refractivity contribution in [3.8, 4) is 0 Å². The molecule has 2 nitrogen and oxygen atoms in total. The molecule has 0 unspecified atom stereocenters. The largest absolute Gasteiger partial charge is 0.236 e. The third kappa shape index (κ3) is 1.65. The second-order valence-electron chi connectivity index (χ2n) is 4.12. The van der Waals surface area contributed by atoms with Crippen molar-refractivity contribution in [1.82, 2.24) is 9.97 Å². The lowest BCUT2D eigenvalue weighted by Gasteiger charge is -2.06. The molecule has 0 bridgehead atoms. The SMILES string of the molecule is Clc1nc(C2CC2)nc(C2CC2)c1I. The molecule has 2 fully saturated rings. The number of aromatic nitrogens is 2. The van der Waals surface area contributed by atoms with Gasteiger partial charge in [0.05, 0.1) is 9.26 Å². The first-order chi connectivity index (χ1) is 6.75. The number of nitrogens with zero attached hydrogens (tertiary/aromatic N) is 2. The van der Waals surface area contributed by atoms with Crippen LogP contribution in [0.4, 0.5) is 0 Å². The minimum absolute atomic E-state index is 0.599. The number of hydrogen-bond acceptors (Lipinski definition) is 2. The highest BCUT2D eigenvalue weighted by Crippen LogP contribution is 2.44. The van der Waals surface area contributed by atoms with Gasteiger partial charge in [-0.1, -0.05) is 11.6 Å². The molecule has 0 aliphatic heterocycles. The zero-order chi connectivity index (χ0) is 9.71. The molecular formula is C10H10ClIN2. The van der Waals surface area contributed by atoms with E-state index in [1.165, 1.54) is 31.4 Å².